The molecule has 5 nitrogen and oxygen atoms in total. The van der Waals surface area contributed by atoms with Crippen molar-refractivity contribution in [3.8, 4) is 0 Å². The van der Waals surface area contributed by atoms with Gasteiger partial charge in [-0.05, 0) is 50.8 Å². The zero-order valence-electron chi connectivity index (χ0n) is 16.9. The maximum absolute atomic E-state index is 15.0. The average molecular weight is 405 g/mol. The summed E-state index contributed by atoms with van der Waals surface area (Å²) >= 11 is 0. The van der Waals surface area contributed by atoms with Crippen LogP contribution in [-0.4, -0.2) is 21.6 Å². The van der Waals surface area contributed by atoms with Crippen LogP contribution in [0.25, 0.3) is 11.0 Å². The van der Waals surface area contributed by atoms with Gasteiger partial charge in [0.2, 0.25) is 5.95 Å². The number of hydrogen-bond acceptors (Lipinski definition) is 4. The van der Waals surface area contributed by atoms with Crippen LogP contribution in [0.2, 0.25) is 0 Å². The molecule has 1 aromatic heterocycles. The minimum absolute atomic E-state index is 0.0752. The molecule has 1 aliphatic heterocycles. The lowest BCUT2D eigenvalue weighted by Gasteiger charge is -2.31. The summed E-state index contributed by atoms with van der Waals surface area (Å²) in [5.41, 5.74) is 3.13. The van der Waals surface area contributed by atoms with Crippen LogP contribution >= 0.6 is 0 Å². The molecule has 1 atom stereocenters. The van der Waals surface area contributed by atoms with Gasteiger partial charge in [0.25, 0.3) is 0 Å². The lowest BCUT2D eigenvalue weighted by Crippen LogP contribution is -2.31. The van der Waals surface area contributed by atoms with Crippen molar-refractivity contribution >= 4 is 23.0 Å². The Morgan fingerprint density at radius 1 is 1.10 bits per heavy atom. The van der Waals surface area contributed by atoms with Crippen molar-refractivity contribution in [2.75, 3.05) is 5.32 Å². The molecule has 2 heterocycles. The van der Waals surface area contributed by atoms with Gasteiger partial charge in [0.05, 0.1) is 22.6 Å². The number of carbonyl (C=O) groups excluding carboxylic acids is 1. The molecule has 0 saturated heterocycles. The first-order chi connectivity index (χ1) is 14.6. The Labute approximate surface area is 174 Å². The summed E-state index contributed by atoms with van der Waals surface area (Å²) in [5, 5.41) is 3.24. The molecule has 0 spiro atoms. The SMILES string of the molecule is CC1=C(C(=O)OC2CCCCC2)C(c2ccccc2F)n2c(nc3ccccc32)N1. The van der Waals surface area contributed by atoms with Crippen molar-refractivity contribution in [3.63, 3.8) is 0 Å². The van der Waals surface area contributed by atoms with Gasteiger partial charge in [0.1, 0.15) is 11.9 Å². The highest BCUT2D eigenvalue weighted by Gasteiger charge is 2.37. The van der Waals surface area contributed by atoms with Crippen LogP contribution in [0.5, 0.6) is 0 Å². The van der Waals surface area contributed by atoms with E-state index in [0.717, 1.165) is 36.7 Å². The average Bonchev–Trinajstić information content (AvgIpc) is 3.11. The highest BCUT2D eigenvalue weighted by molar-refractivity contribution is 5.94. The zero-order chi connectivity index (χ0) is 20.7. The fourth-order valence-electron chi connectivity index (χ4n) is 4.62. The van der Waals surface area contributed by atoms with Gasteiger partial charge in [0, 0.05) is 11.3 Å². The quantitative estimate of drug-likeness (QED) is 0.598. The van der Waals surface area contributed by atoms with E-state index in [1.807, 2.05) is 35.8 Å². The normalized spacial score (nSPS) is 19.5. The van der Waals surface area contributed by atoms with Gasteiger partial charge in [-0.2, -0.15) is 0 Å². The molecule has 2 aliphatic rings. The minimum atomic E-state index is -0.647. The fraction of sp³-hybridized carbons (Fsp3) is 0.333. The third-order valence-electron chi connectivity index (χ3n) is 6.08. The highest BCUT2D eigenvalue weighted by atomic mass is 19.1. The van der Waals surface area contributed by atoms with Crippen molar-refractivity contribution in [2.24, 2.45) is 0 Å². The number of rotatable bonds is 3. The molecular weight excluding hydrogens is 381 g/mol. The molecular formula is C24H24FN3O2. The summed E-state index contributed by atoms with van der Waals surface area (Å²) in [6.45, 7) is 1.83. The molecule has 1 fully saturated rings. The lowest BCUT2D eigenvalue weighted by atomic mass is 9.94. The number of carbonyl (C=O) groups is 1. The van der Waals surface area contributed by atoms with Gasteiger partial charge in [-0.1, -0.05) is 36.8 Å². The first kappa shape index (κ1) is 18.9. The van der Waals surface area contributed by atoms with Crippen LogP contribution in [0, 0.1) is 5.82 Å². The van der Waals surface area contributed by atoms with Crippen LogP contribution in [0.15, 0.2) is 59.8 Å². The molecule has 0 amide bonds. The number of para-hydroxylation sites is 2. The second kappa shape index (κ2) is 7.59. The Balaban J connectivity index is 1.64. The summed E-state index contributed by atoms with van der Waals surface area (Å²) in [6.07, 6.45) is 5.01. The first-order valence-electron chi connectivity index (χ1n) is 10.5. The number of fused-ring (bicyclic) bond motifs is 3. The van der Waals surface area contributed by atoms with E-state index >= 15 is 0 Å². The summed E-state index contributed by atoms with van der Waals surface area (Å²) in [6, 6.07) is 13.6. The molecule has 2 aromatic carbocycles. The van der Waals surface area contributed by atoms with Gasteiger partial charge >= 0.3 is 5.97 Å². The third-order valence-corrected chi connectivity index (χ3v) is 6.08. The largest absolute Gasteiger partial charge is 0.459 e. The molecule has 0 bridgehead atoms. The number of hydrogen-bond donors (Lipinski definition) is 1. The second-order valence-electron chi connectivity index (χ2n) is 8.05. The smallest absolute Gasteiger partial charge is 0.338 e. The minimum Gasteiger partial charge on any atom is -0.459 e. The first-order valence-corrected chi connectivity index (χ1v) is 10.5. The van der Waals surface area contributed by atoms with Gasteiger partial charge < -0.3 is 10.1 Å². The summed E-state index contributed by atoms with van der Waals surface area (Å²) in [4.78, 5) is 18.0. The Bertz CT molecular complexity index is 1140. The van der Waals surface area contributed by atoms with E-state index < -0.39 is 6.04 Å². The molecule has 1 saturated carbocycles. The van der Waals surface area contributed by atoms with E-state index in [2.05, 4.69) is 10.3 Å². The Morgan fingerprint density at radius 3 is 2.63 bits per heavy atom. The maximum Gasteiger partial charge on any atom is 0.338 e. The van der Waals surface area contributed by atoms with Gasteiger partial charge in [-0.3, -0.25) is 4.57 Å². The lowest BCUT2D eigenvalue weighted by molar-refractivity contribution is -0.146. The van der Waals surface area contributed by atoms with E-state index in [-0.39, 0.29) is 17.9 Å². The van der Waals surface area contributed by atoms with Crippen LogP contribution < -0.4 is 5.32 Å². The van der Waals surface area contributed by atoms with Crippen molar-refractivity contribution in [1.29, 1.82) is 0 Å². The number of aromatic nitrogens is 2. The Morgan fingerprint density at radius 2 is 1.83 bits per heavy atom. The van der Waals surface area contributed by atoms with E-state index in [1.54, 1.807) is 18.2 Å². The Hall–Kier alpha value is -3.15. The van der Waals surface area contributed by atoms with Crippen LogP contribution in [0.3, 0.4) is 0 Å². The number of benzene rings is 2. The van der Waals surface area contributed by atoms with Gasteiger partial charge in [-0.15, -0.1) is 0 Å². The summed E-state index contributed by atoms with van der Waals surface area (Å²) in [7, 11) is 0. The number of anilines is 1. The van der Waals surface area contributed by atoms with E-state index in [4.69, 9.17) is 4.74 Å². The number of nitrogens with one attached hydrogen (secondary N) is 1. The second-order valence-corrected chi connectivity index (χ2v) is 8.05. The van der Waals surface area contributed by atoms with E-state index in [9.17, 15) is 9.18 Å². The molecule has 0 radical (unpaired) electrons. The van der Waals surface area contributed by atoms with Crippen LogP contribution in [-0.2, 0) is 9.53 Å². The fourth-order valence-corrected chi connectivity index (χ4v) is 4.62. The number of imidazole rings is 1. The number of esters is 1. The molecule has 154 valence electrons. The van der Waals surface area contributed by atoms with Crippen LogP contribution in [0.1, 0.15) is 50.6 Å². The molecule has 6 heteroatoms. The predicted octanol–water partition coefficient (Wildman–Crippen LogP) is 5.34. The number of allylic oxidation sites excluding steroid dienone is 1. The van der Waals surface area contributed by atoms with Gasteiger partial charge in [-0.25, -0.2) is 14.2 Å². The molecule has 1 unspecified atom stereocenters. The molecule has 3 aromatic rings. The zero-order valence-corrected chi connectivity index (χ0v) is 16.9. The topological polar surface area (TPSA) is 56.2 Å². The summed E-state index contributed by atoms with van der Waals surface area (Å²) < 4.78 is 22.8. The maximum atomic E-state index is 15.0. The Kier molecular flexibility index (Phi) is 4.77. The van der Waals surface area contributed by atoms with Crippen molar-refractivity contribution < 1.29 is 13.9 Å². The number of nitrogens with zero attached hydrogens (tertiary/aromatic N) is 2. The van der Waals surface area contributed by atoms with Crippen molar-refractivity contribution in [1.82, 2.24) is 9.55 Å². The summed E-state index contributed by atoms with van der Waals surface area (Å²) in [5.74, 6) is -0.149. The predicted molar refractivity (Wildman–Crippen MR) is 114 cm³/mol. The van der Waals surface area contributed by atoms with Crippen LogP contribution in [0.4, 0.5) is 10.3 Å². The van der Waals surface area contributed by atoms with Gasteiger partial charge in [0.15, 0.2) is 0 Å². The monoisotopic (exact) mass is 405 g/mol. The molecule has 5 rings (SSSR count). The molecule has 1 N–H and O–H groups in total. The molecule has 1 aliphatic carbocycles. The highest BCUT2D eigenvalue weighted by Crippen LogP contribution is 2.40. The number of ether oxygens (including phenoxy) is 1. The van der Waals surface area contributed by atoms with Crippen molar-refractivity contribution in [3.05, 3.63) is 71.2 Å². The number of halogens is 1. The van der Waals surface area contributed by atoms with E-state index in [1.165, 1.54) is 12.5 Å². The van der Waals surface area contributed by atoms with Crippen molar-refractivity contribution in [2.45, 2.75) is 51.2 Å². The standard InChI is InChI=1S/C24H24FN3O2/c1-15-21(23(29)30-16-9-3-2-4-10-16)22(17-11-5-6-12-18(17)25)28-20-14-8-7-13-19(20)27-24(28)26-15/h5-8,11-14,16,22H,2-4,9-10H2,1H3,(H,26,27). The van der Waals surface area contributed by atoms with E-state index in [0.29, 0.717) is 22.8 Å². The molecule has 30 heavy (non-hydrogen) atoms. The third kappa shape index (κ3) is 3.16.